The Morgan fingerprint density at radius 1 is 1.39 bits per heavy atom. The van der Waals surface area contributed by atoms with Crippen molar-refractivity contribution in [1.29, 1.82) is 0 Å². The Morgan fingerprint density at radius 3 is 2.67 bits per heavy atom. The van der Waals surface area contributed by atoms with Crippen LogP contribution in [0.3, 0.4) is 0 Å². The van der Waals surface area contributed by atoms with E-state index in [2.05, 4.69) is 22.3 Å². The molecule has 1 aliphatic rings. The second kappa shape index (κ2) is 6.43. The fourth-order valence-electron chi connectivity index (χ4n) is 2.93. The third-order valence-electron chi connectivity index (χ3n) is 3.85. The van der Waals surface area contributed by atoms with Crippen molar-refractivity contribution < 1.29 is 4.79 Å². The SMILES string of the molecule is CN(Cc1cscn1)CC1(C=O)CCCCCC1. The first-order valence-electron chi connectivity index (χ1n) is 6.76. The predicted molar refractivity (Wildman–Crippen MR) is 74.6 cm³/mol. The number of rotatable bonds is 5. The lowest BCUT2D eigenvalue weighted by Gasteiger charge is -2.31. The maximum atomic E-state index is 11.5. The van der Waals surface area contributed by atoms with Gasteiger partial charge >= 0.3 is 0 Å². The highest BCUT2D eigenvalue weighted by atomic mass is 32.1. The molecule has 0 unspecified atom stereocenters. The van der Waals surface area contributed by atoms with Gasteiger partial charge in [0.1, 0.15) is 6.29 Å². The number of hydrogen-bond donors (Lipinski definition) is 0. The van der Waals surface area contributed by atoms with E-state index in [1.165, 1.54) is 32.0 Å². The van der Waals surface area contributed by atoms with E-state index >= 15 is 0 Å². The Morgan fingerprint density at radius 2 is 2.11 bits per heavy atom. The lowest BCUT2D eigenvalue weighted by Crippen LogP contribution is -2.36. The van der Waals surface area contributed by atoms with E-state index in [9.17, 15) is 4.79 Å². The molecule has 4 heteroatoms. The lowest BCUT2D eigenvalue weighted by atomic mass is 9.81. The minimum Gasteiger partial charge on any atom is -0.303 e. The molecular formula is C14H22N2OS. The van der Waals surface area contributed by atoms with Crippen molar-refractivity contribution in [2.24, 2.45) is 5.41 Å². The molecule has 0 aliphatic heterocycles. The normalized spacial score (nSPS) is 19.7. The summed E-state index contributed by atoms with van der Waals surface area (Å²) >= 11 is 1.63. The van der Waals surface area contributed by atoms with Gasteiger partial charge in [-0.05, 0) is 19.9 Å². The summed E-state index contributed by atoms with van der Waals surface area (Å²) in [5.41, 5.74) is 2.86. The van der Waals surface area contributed by atoms with Crippen LogP contribution in [0.2, 0.25) is 0 Å². The molecule has 0 aromatic carbocycles. The molecule has 100 valence electrons. The van der Waals surface area contributed by atoms with Gasteiger partial charge in [-0.3, -0.25) is 4.90 Å². The van der Waals surface area contributed by atoms with E-state index in [0.717, 1.165) is 31.6 Å². The zero-order chi connectivity index (χ0) is 12.8. The average molecular weight is 266 g/mol. The van der Waals surface area contributed by atoms with Crippen molar-refractivity contribution >= 4 is 17.6 Å². The van der Waals surface area contributed by atoms with Gasteiger partial charge < -0.3 is 4.79 Å². The second-order valence-corrected chi connectivity index (χ2v) is 6.27. The molecular weight excluding hydrogens is 244 g/mol. The quantitative estimate of drug-likeness (QED) is 0.606. The van der Waals surface area contributed by atoms with Gasteiger partial charge in [-0.2, -0.15) is 0 Å². The summed E-state index contributed by atoms with van der Waals surface area (Å²) in [6.07, 6.45) is 8.29. The van der Waals surface area contributed by atoms with E-state index < -0.39 is 0 Å². The van der Waals surface area contributed by atoms with Gasteiger partial charge in [0.05, 0.1) is 11.2 Å². The molecule has 0 spiro atoms. The zero-order valence-corrected chi connectivity index (χ0v) is 11.9. The zero-order valence-electron chi connectivity index (χ0n) is 11.1. The molecule has 1 aromatic rings. The van der Waals surface area contributed by atoms with Gasteiger partial charge in [-0.25, -0.2) is 4.98 Å². The number of aromatic nitrogens is 1. The average Bonchev–Trinajstić information content (AvgIpc) is 2.74. The van der Waals surface area contributed by atoms with E-state index in [0.29, 0.717) is 0 Å². The molecule has 0 amide bonds. The van der Waals surface area contributed by atoms with Crippen molar-refractivity contribution in [2.75, 3.05) is 13.6 Å². The summed E-state index contributed by atoms with van der Waals surface area (Å²) < 4.78 is 0. The third-order valence-corrected chi connectivity index (χ3v) is 4.48. The fraction of sp³-hybridized carbons (Fsp3) is 0.714. The first-order valence-corrected chi connectivity index (χ1v) is 7.70. The number of hydrogen-bond acceptors (Lipinski definition) is 4. The maximum absolute atomic E-state index is 11.5. The van der Waals surface area contributed by atoms with Gasteiger partial charge in [0.2, 0.25) is 0 Å². The van der Waals surface area contributed by atoms with E-state index in [1.54, 1.807) is 11.3 Å². The molecule has 3 nitrogen and oxygen atoms in total. The Balaban J connectivity index is 1.94. The van der Waals surface area contributed by atoms with Crippen LogP contribution in [-0.2, 0) is 11.3 Å². The minimum atomic E-state index is -0.110. The largest absolute Gasteiger partial charge is 0.303 e. The molecule has 1 aliphatic carbocycles. The highest BCUT2D eigenvalue weighted by Crippen LogP contribution is 2.34. The number of carbonyl (C=O) groups is 1. The van der Waals surface area contributed by atoms with Gasteiger partial charge in [-0.15, -0.1) is 11.3 Å². The summed E-state index contributed by atoms with van der Waals surface area (Å²) in [5, 5.41) is 2.08. The van der Waals surface area contributed by atoms with Gasteiger partial charge in [0.15, 0.2) is 0 Å². The third kappa shape index (κ3) is 3.62. The summed E-state index contributed by atoms with van der Waals surface area (Å²) in [7, 11) is 2.09. The molecule has 1 saturated carbocycles. The first-order chi connectivity index (χ1) is 8.74. The molecule has 0 bridgehead atoms. The smallest absolute Gasteiger partial charge is 0.127 e. The highest BCUT2D eigenvalue weighted by molar-refractivity contribution is 7.07. The molecule has 0 radical (unpaired) electrons. The standard InChI is InChI=1S/C14H22N2OS/c1-16(8-13-9-18-12-15-13)10-14(11-17)6-4-2-3-5-7-14/h9,11-12H,2-8,10H2,1H3. The summed E-state index contributed by atoms with van der Waals surface area (Å²) in [4.78, 5) is 18.1. The molecule has 0 N–H and O–H groups in total. The fourth-order valence-corrected chi connectivity index (χ4v) is 3.48. The first kappa shape index (κ1) is 13.7. The van der Waals surface area contributed by atoms with Crippen molar-refractivity contribution in [1.82, 2.24) is 9.88 Å². The van der Waals surface area contributed by atoms with E-state index in [-0.39, 0.29) is 5.41 Å². The number of thiazole rings is 1. The molecule has 2 rings (SSSR count). The molecule has 1 fully saturated rings. The van der Waals surface area contributed by atoms with Crippen LogP contribution in [-0.4, -0.2) is 29.8 Å². The second-order valence-electron chi connectivity index (χ2n) is 5.55. The molecule has 1 heterocycles. The predicted octanol–water partition coefficient (Wildman–Crippen LogP) is 3.11. The number of carbonyl (C=O) groups excluding carboxylic acids is 1. The molecule has 0 saturated heterocycles. The summed E-state index contributed by atoms with van der Waals surface area (Å²) in [5.74, 6) is 0. The van der Waals surface area contributed by atoms with Crippen LogP contribution in [0, 0.1) is 5.41 Å². The number of aldehydes is 1. The van der Waals surface area contributed by atoms with Crippen LogP contribution in [0.15, 0.2) is 10.9 Å². The van der Waals surface area contributed by atoms with Crippen molar-refractivity contribution in [3.8, 4) is 0 Å². The van der Waals surface area contributed by atoms with Crippen LogP contribution in [0.25, 0.3) is 0 Å². The van der Waals surface area contributed by atoms with Crippen LogP contribution in [0.5, 0.6) is 0 Å². The molecule has 0 atom stereocenters. The van der Waals surface area contributed by atoms with Crippen LogP contribution in [0.1, 0.15) is 44.2 Å². The van der Waals surface area contributed by atoms with Gasteiger partial charge in [0, 0.05) is 23.9 Å². The van der Waals surface area contributed by atoms with Crippen molar-refractivity contribution in [3.05, 3.63) is 16.6 Å². The van der Waals surface area contributed by atoms with Gasteiger partial charge in [-0.1, -0.05) is 25.7 Å². The number of nitrogens with zero attached hydrogens (tertiary/aromatic N) is 2. The van der Waals surface area contributed by atoms with Gasteiger partial charge in [0.25, 0.3) is 0 Å². The van der Waals surface area contributed by atoms with Crippen LogP contribution >= 0.6 is 11.3 Å². The highest BCUT2D eigenvalue weighted by Gasteiger charge is 2.31. The molecule has 18 heavy (non-hydrogen) atoms. The van der Waals surface area contributed by atoms with Crippen LogP contribution < -0.4 is 0 Å². The monoisotopic (exact) mass is 266 g/mol. The Kier molecular flexibility index (Phi) is 4.89. The van der Waals surface area contributed by atoms with E-state index in [4.69, 9.17) is 0 Å². The van der Waals surface area contributed by atoms with Crippen molar-refractivity contribution in [3.63, 3.8) is 0 Å². The topological polar surface area (TPSA) is 33.2 Å². The Bertz CT molecular complexity index is 356. The Hall–Kier alpha value is -0.740. The summed E-state index contributed by atoms with van der Waals surface area (Å²) in [6.45, 7) is 1.72. The van der Waals surface area contributed by atoms with Crippen LogP contribution in [0.4, 0.5) is 0 Å². The minimum absolute atomic E-state index is 0.110. The maximum Gasteiger partial charge on any atom is 0.127 e. The van der Waals surface area contributed by atoms with E-state index in [1.807, 2.05) is 5.51 Å². The summed E-state index contributed by atoms with van der Waals surface area (Å²) in [6, 6.07) is 0. The van der Waals surface area contributed by atoms with Crippen molar-refractivity contribution in [2.45, 2.75) is 45.1 Å². The lowest BCUT2D eigenvalue weighted by molar-refractivity contribution is -0.118. The molecule has 1 aromatic heterocycles. The Labute approximate surface area is 113 Å².